The summed E-state index contributed by atoms with van der Waals surface area (Å²) in [6.07, 6.45) is 4.74. The fraction of sp³-hybridized carbons (Fsp3) is 0.269. The van der Waals surface area contributed by atoms with Crippen LogP contribution in [0.15, 0.2) is 96.0 Å². The zero-order valence-corrected chi connectivity index (χ0v) is 42.5. The van der Waals surface area contributed by atoms with Crippen LogP contribution in [0, 0.1) is 11.8 Å². The number of ether oxygens (including phenoxy) is 2. The SMILES string of the molecule is CCCCCCc1ccsc1-c1cc(-c2cc(C(F)(F)F)n[n-]2)nc(-c2cc(C(F)(F)F)n[n-]2)c1.CCCCCCc1ccsc1C#Cc1ccnc(-c2cc(OC=O)cc(-c3cc(OC=O)ccn3)n2)c1.[Ru+2]. The molecule has 0 fully saturated rings. The minimum Gasteiger partial charge on any atom is -0.573 e. The molecule has 0 N–H and O–H groups in total. The van der Waals surface area contributed by atoms with E-state index in [0.717, 1.165) is 71.5 Å². The molecular weight excluding hydrogens is 1080 g/mol. The van der Waals surface area contributed by atoms with Gasteiger partial charge < -0.3 is 29.9 Å². The molecule has 0 atom stereocenters. The van der Waals surface area contributed by atoms with Gasteiger partial charge in [0.15, 0.2) is 0 Å². The summed E-state index contributed by atoms with van der Waals surface area (Å²) in [5.74, 6) is 7.16. The first kappa shape index (κ1) is 55.4. The summed E-state index contributed by atoms with van der Waals surface area (Å²) in [6.45, 7) is 5.01. The minimum atomic E-state index is -4.69. The molecule has 8 heterocycles. The number of nitrogens with zero attached hydrogens (tertiary/aromatic N) is 8. The predicted octanol–water partition coefficient (Wildman–Crippen LogP) is 12.9. The number of pyridine rings is 4. The third-order valence-corrected chi connectivity index (χ3v) is 12.7. The smallest absolute Gasteiger partial charge is 0.573 e. The summed E-state index contributed by atoms with van der Waals surface area (Å²) in [5.41, 5.74) is 3.09. The minimum absolute atomic E-state index is 0. The van der Waals surface area contributed by atoms with E-state index in [1.54, 1.807) is 53.9 Å². The standard InChI is InChI=1S/C29H25N3O4S.C23H19F6N5S.Ru/c1-2-3-4-5-6-22-11-14-37-29(22)8-7-21-9-12-30-25(15-21)27-17-24(36-20-34)18-28(32-27)26-16-23(35-19-33)10-13-31-26;1-2-3-4-5-6-13-7-8-35-21(13)14-9-15(17-11-19(33-31-17)22(24,25)26)30-16(10-14)18-12-20(34-32-18)23(27,28)29;/h9-20H,2-6H2,1H3;7-12H,2-6H2,1H3;/q;-2;+2. The second kappa shape index (κ2) is 26.2. The van der Waals surface area contributed by atoms with Gasteiger partial charge in [-0.3, -0.25) is 24.5 Å². The molecule has 378 valence electrons. The van der Waals surface area contributed by atoms with E-state index in [4.69, 9.17) is 9.47 Å². The molecule has 0 radical (unpaired) electrons. The molecule has 0 spiro atoms. The Labute approximate surface area is 437 Å². The Morgan fingerprint density at radius 3 is 1.67 bits per heavy atom. The summed E-state index contributed by atoms with van der Waals surface area (Å²) in [6, 6.07) is 18.8. The molecule has 0 bridgehead atoms. The van der Waals surface area contributed by atoms with Crippen LogP contribution in [0.1, 0.15) is 98.2 Å². The zero-order valence-electron chi connectivity index (χ0n) is 39.1. The van der Waals surface area contributed by atoms with Gasteiger partial charge in [0, 0.05) is 41.0 Å². The number of rotatable bonds is 19. The van der Waals surface area contributed by atoms with E-state index in [1.165, 1.54) is 48.8 Å². The van der Waals surface area contributed by atoms with E-state index < -0.39 is 23.7 Å². The molecule has 0 aliphatic carbocycles. The molecule has 0 unspecified atom stereocenters. The van der Waals surface area contributed by atoms with E-state index in [1.807, 2.05) is 23.6 Å². The van der Waals surface area contributed by atoms with Crippen molar-refractivity contribution < 1.29 is 64.9 Å². The number of aromatic nitrogens is 8. The van der Waals surface area contributed by atoms with Gasteiger partial charge in [0.05, 0.1) is 39.0 Å². The van der Waals surface area contributed by atoms with Crippen LogP contribution in [0.25, 0.3) is 56.0 Å². The van der Waals surface area contributed by atoms with Crippen molar-refractivity contribution in [1.82, 2.24) is 40.3 Å². The number of aryl methyl sites for hydroxylation is 2. The molecule has 0 saturated heterocycles. The summed E-state index contributed by atoms with van der Waals surface area (Å²) in [7, 11) is 0. The van der Waals surface area contributed by atoms with Crippen LogP contribution in [0.3, 0.4) is 0 Å². The fourth-order valence-electron chi connectivity index (χ4n) is 7.30. The van der Waals surface area contributed by atoms with Crippen LogP contribution >= 0.6 is 22.7 Å². The van der Waals surface area contributed by atoms with Crippen molar-refractivity contribution in [1.29, 1.82) is 0 Å². The number of halogens is 6. The second-order valence-corrected chi connectivity index (χ2v) is 17.9. The Hall–Kier alpha value is -6.88. The molecule has 0 aliphatic rings. The van der Waals surface area contributed by atoms with Crippen molar-refractivity contribution in [3.8, 4) is 79.3 Å². The first-order valence-electron chi connectivity index (χ1n) is 22.7. The third kappa shape index (κ3) is 15.3. The molecule has 12 nitrogen and oxygen atoms in total. The van der Waals surface area contributed by atoms with E-state index in [0.29, 0.717) is 47.0 Å². The van der Waals surface area contributed by atoms with Gasteiger partial charge in [-0.25, -0.2) is 4.98 Å². The Bertz CT molecular complexity index is 3090. The Morgan fingerprint density at radius 1 is 0.575 bits per heavy atom. The normalized spacial score (nSPS) is 11.2. The van der Waals surface area contributed by atoms with E-state index in [2.05, 4.69) is 77.5 Å². The number of alkyl halides is 6. The van der Waals surface area contributed by atoms with E-state index in [9.17, 15) is 35.9 Å². The number of hydrogen-bond donors (Lipinski definition) is 0. The molecule has 8 aromatic rings. The summed E-state index contributed by atoms with van der Waals surface area (Å²) >= 11 is 3.09. The molecular formula is C52H44F6N8O4RuS2. The van der Waals surface area contributed by atoms with Gasteiger partial charge in [-0.05, 0) is 108 Å². The van der Waals surface area contributed by atoms with Crippen LogP contribution < -0.4 is 19.7 Å². The number of thiophene rings is 2. The Morgan fingerprint density at radius 2 is 1.10 bits per heavy atom. The molecule has 0 aliphatic heterocycles. The Kier molecular flexibility index (Phi) is 19.9. The first-order valence-corrected chi connectivity index (χ1v) is 24.5. The summed E-state index contributed by atoms with van der Waals surface area (Å²) < 4.78 is 88.4. The molecule has 0 amide bonds. The van der Waals surface area contributed by atoms with E-state index >= 15 is 0 Å². The van der Waals surface area contributed by atoms with Crippen LogP contribution in [0.5, 0.6) is 11.5 Å². The molecule has 0 saturated carbocycles. The quantitative estimate of drug-likeness (QED) is 0.0248. The van der Waals surface area contributed by atoms with Crippen LogP contribution in [0.4, 0.5) is 26.3 Å². The monoisotopic (exact) mass is 1120 g/mol. The number of carbonyl (C=O) groups is 2. The van der Waals surface area contributed by atoms with Crippen molar-refractivity contribution in [2.45, 2.75) is 90.4 Å². The molecule has 0 aromatic carbocycles. The van der Waals surface area contributed by atoms with Gasteiger partial charge in [-0.2, -0.15) is 26.3 Å². The second-order valence-electron chi connectivity index (χ2n) is 16.1. The van der Waals surface area contributed by atoms with Crippen molar-refractivity contribution in [2.24, 2.45) is 0 Å². The van der Waals surface area contributed by atoms with Gasteiger partial charge in [-0.1, -0.05) is 75.6 Å². The van der Waals surface area contributed by atoms with Crippen LogP contribution in [-0.2, 0) is 54.3 Å². The number of carbonyl (C=O) groups excluding carboxylic acids is 2. The van der Waals surface area contributed by atoms with Gasteiger partial charge >= 0.3 is 31.8 Å². The predicted molar refractivity (Wildman–Crippen MR) is 261 cm³/mol. The average Bonchev–Trinajstić information content (AvgIpc) is 4.22. The molecule has 21 heteroatoms. The van der Waals surface area contributed by atoms with Gasteiger partial charge in [0.25, 0.3) is 12.9 Å². The number of hydrogen-bond acceptors (Lipinski definition) is 12. The molecule has 73 heavy (non-hydrogen) atoms. The van der Waals surface area contributed by atoms with Crippen molar-refractivity contribution in [3.63, 3.8) is 0 Å². The zero-order chi connectivity index (χ0) is 51.1. The maximum Gasteiger partial charge on any atom is 2.00 e. The molecule has 8 rings (SSSR count). The fourth-order valence-corrected chi connectivity index (χ4v) is 9.05. The maximum atomic E-state index is 13.1. The largest absolute Gasteiger partial charge is 2.00 e. The van der Waals surface area contributed by atoms with Crippen LogP contribution in [-0.4, -0.2) is 43.1 Å². The van der Waals surface area contributed by atoms with Gasteiger partial charge in [0.1, 0.15) is 22.9 Å². The van der Waals surface area contributed by atoms with E-state index in [-0.39, 0.29) is 48.0 Å². The van der Waals surface area contributed by atoms with Gasteiger partial charge in [0.2, 0.25) is 0 Å². The summed E-state index contributed by atoms with van der Waals surface area (Å²) in [4.78, 5) is 41.4. The topological polar surface area (TPSA) is 158 Å². The van der Waals surface area contributed by atoms with Crippen molar-refractivity contribution in [3.05, 3.63) is 129 Å². The number of unbranched alkanes of at least 4 members (excludes halogenated alkanes) is 6. The van der Waals surface area contributed by atoms with Crippen molar-refractivity contribution >= 4 is 35.6 Å². The third-order valence-electron chi connectivity index (χ3n) is 10.9. The molecule has 8 aromatic heterocycles. The summed E-state index contributed by atoms with van der Waals surface area (Å²) in [5, 5.41) is 17.6. The van der Waals surface area contributed by atoms with Gasteiger partial charge in [-0.15, -0.1) is 22.7 Å². The van der Waals surface area contributed by atoms with Crippen LogP contribution in [0.2, 0.25) is 0 Å². The Balaban J connectivity index is 0.000000235. The maximum absolute atomic E-state index is 13.1. The first-order chi connectivity index (χ1) is 34.8. The van der Waals surface area contributed by atoms with Crippen molar-refractivity contribution in [2.75, 3.05) is 0 Å². The average molecular weight is 1120 g/mol.